The molecule has 0 saturated carbocycles. The van der Waals surface area contributed by atoms with Gasteiger partial charge in [0.2, 0.25) is 0 Å². The Hall–Kier alpha value is -4.52. The third-order valence-electron chi connectivity index (χ3n) is 5.56. The van der Waals surface area contributed by atoms with E-state index >= 15 is 0 Å². The number of aromatic amines is 1. The molecule has 2 N–H and O–H groups in total. The lowest BCUT2D eigenvalue weighted by Gasteiger charge is -2.10. The van der Waals surface area contributed by atoms with Gasteiger partial charge in [-0.1, -0.05) is 66.7 Å². The Morgan fingerprint density at radius 3 is 2.42 bits per heavy atom. The van der Waals surface area contributed by atoms with Crippen molar-refractivity contribution in [2.45, 2.75) is 13.5 Å². The van der Waals surface area contributed by atoms with Crippen LogP contribution >= 0.6 is 0 Å². The maximum atomic E-state index is 13.0. The minimum Gasteiger partial charge on any atom is -0.358 e. The first-order valence-electron chi connectivity index (χ1n) is 10.6. The van der Waals surface area contributed by atoms with Crippen LogP contribution < -0.4 is 11.0 Å². The molecule has 7 nitrogen and oxygen atoms in total. The third-order valence-corrected chi connectivity index (χ3v) is 5.56. The van der Waals surface area contributed by atoms with Gasteiger partial charge in [-0.25, -0.2) is 10.1 Å². The molecule has 0 aliphatic rings. The van der Waals surface area contributed by atoms with Crippen LogP contribution in [0.25, 0.3) is 21.7 Å². The first-order valence-corrected chi connectivity index (χ1v) is 10.6. The average molecular weight is 435 g/mol. The van der Waals surface area contributed by atoms with Gasteiger partial charge < -0.3 is 4.98 Å². The van der Waals surface area contributed by atoms with Gasteiger partial charge in [-0.3, -0.25) is 9.59 Å². The number of hydrogen-bond donors (Lipinski definition) is 2. The maximum absolute atomic E-state index is 13.0. The number of carbonyl (C=O) groups excluding carboxylic acids is 1. The number of para-hydroxylation sites is 1. The van der Waals surface area contributed by atoms with Crippen LogP contribution in [0.15, 0.2) is 88.8 Å². The maximum Gasteiger partial charge on any atom is 0.292 e. The van der Waals surface area contributed by atoms with Crippen molar-refractivity contribution in [3.8, 4) is 0 Å². The van der Waals surface area contributed by atoms with Gasteiger partial charge in [0.25, 0.3) is 11.5 Å². The third kappa shape index (κ3) is 3.92. The number of benzene rings is 3. The summed E-state index contributed by atoms with van der Waals surface area (Å²) in [6, 6.07) is 24.4. The van der Waals surface area contributed by atoms with Crippen molar-refractivity contribution in [1.29, 1.82) is 0 Å². The summed E-state index contributed by atoms with van der Waals surface area (Å²) in [4.78, 5) is 29.3. The van der Waals surface area contributed by atoms with Crippen LogP contribution in [0.3, 0.4) is 0 Å². The van der Waals surface area contributed by atoms with E-state index in [1.807, 2.05) is 61.5 Å². The van der Waals surface area contributed by atoms with Crippen LogP contribution in [-0.2, 0) is 6.54 Å². The van der Waals surface area contributed by atoms with Gasteiger partial charge in [0, 0.05) is 27.5 Å². The lowest BCUT2D eigenvalue weighted by atomic mass is 10.1. The predicted octanol–water partition coefficient (Wildman–Crippen LogP) is 4.00. The molecule has 5 aromatic rings. The van der Waals surface area contributed by atoms with E-state index in [2.05, 4.69) is 20.6 Å². The minimum atomic E-state index is -0.484. The Balaban J connectivity index is 1.49. The number of aromatic nitrogens is 3. The Bertz CT molecular complexity index is 1560. The summed E-state index contributed by atoms with van der Waals surface area (Å²) >= 11 is 0. The van der Waals surface area contributed by atoms with Gasteiger partial charge in [-0.15, -0.1) is 0 Å². The van der Waals surface area contributed by atoms with E-state index in [0.29, 0.717) is 10.8 Å². The number of fused-ring (bicyclic) bond motifs is 2. The zero-order valence-electron chi connectivity index (χ0n) is 17.9. The molecule has 0 saturated heterocycles. The quantitative estimate of drug-likeness (QED) is 0.323. The molecule has 0 unspecified atom stereocenters. The largest absolute Gasteiger partial charge is 0.358 e. The number of amides is 1. The number of hydrazone groups is 1. The summed E-state index contributed by atoms with van der Waals surface area (Å²) < 4.78 is 1.32. The molecular weight excluding hydrogens is 414 g/mol. The van der Waals surface area contributed by atoms with E-state index < -0.39 is 5.91 Å². The van der Waals surface area contributed by atoms with Crippen LogP contribution in [0.2, 0.25) is 0 Å². The van der Waals surface area contributed by atoms with Gasteiger partial charge in [0.05, 0.1) is 18.1 Å². The fraction of sp³-hybridized carbons (Fsp3) is 0.0769. The number of nitrogens with zero attached hydrogens (tertiary/aromatic N) is 3. The summed E-state index contributed by atoms with van der Waals surface area (Å²) in [6.07, 6.45) is 1.62. The van der Waals surface area contributed by atoms with Gasteiger partial charge in [-0.2, -0.15) is 10.2 Å². The second-order valence-corrected chi connectivity index (χ2v) is 7.75. The molecule has 0 aliphatic heterocycles. The standard InChI is InChI=1S/C26H21N5O2/c1-17-22(19-11-7-8-14-23(19)28-17)15-27-29-25(32)24-20-12-5-6-13-21(20)26(33)31(30-24)16-18-9-3-2-4-10-18/h2-15,28H,16H2,1H3,(H,29,32). The van der Waals surface area contributed by atoms with Crippen LogP contribution in [0.1, 0.15) is 27.3 Å². The van der Waals surface area contributed by atoms with Crippen LogP contribution in [0, 0.1) is 6.92 Å². The second kappa shape index (κ2) is 8.55. The molecule has 33 heavy (non-hydrogen) atoms. The molecule has 5 rings (SSSR count). The number of hydrogen-bond acceptors (Lipinski definition) is 4. The van der Waals surface area contributed by atoms with Gasteiger partial charge >= 0.3 is 0 Å². The summed E-state index contributed by atoms with van der Waals surface area (Å²) in [5, 5.41) is 10.5. The van der Waals surface area contributed by atoms with Crippen LogP contribution in [0.5, 0.6) is 0 Å². The summed E-state index contributed by atoms with van der Waals surface area (Å²) in [5.41, 5.74) is 6.25. The fourth-order valence-electron chi connectivity index (χ4n) is 3.94. The van der Waals surface area contributed by atoms with Crippen molar-refractivity contribution in [2.24, 2.45) is 5.10 Å². The van der Waals surface area contributed by atoms with E-state index in [-0.39, 0.29) is 17.8 Å². The van der Waals surface area contributed by atoms with E-state index in [1.54, 1.807) is 30.5 Å². The molecular formula is C26H21N5O2. The van der Waals surface area contributed by atoms with Gasteiger partial charge in [-0.05, 0) is 24.6 Å². The zero-order chi connectivity index (χ0) is 22.8. The molecule has 0 aliphatic carbocycles. The molecule has 0 radical (unpaired) electrons. The molecule has 2 aromatic heterocycles. The zero-order valence-corrected chi connectivity index (χ0v) is 17.9. The highest BCUT2D eigenvalue weighted by molar-refractivity contribution is 6.05. The molecule has 0 atom stereocenters. The lowest BCUT2D eigenvalue weighted by Crippen LogP contribution is -2.29. The molecule has 3 aromatic carbocycles. The molecule has 162 valence electrons. The fourth-order valence-corrected chi connectivity index (χ4v) is 3.94. The van der Waals surface area contributed by atoms with E-state index in [9.17, 15) is 9.59 Å². The Morgan fingerprint density at radius 1 is 0.970 bits per heavy atom. The van der Waals surface area contributed by atoms with Gasteiger partial charge in [0.15, 0.2) is 5.69 Å². The number of H-pyrrole nitrogens is 1. The molecule has 7 heteroatoms. The number of nitrogens with one attached hydrogen (secondary N) is 2. The molecule has 0 bridgehead atoms. The van der Waals surface area contributed by atoms with Crippen molar-refractivity contribution in [2.75, 3.05) is 0 Å². The lowest BCUT2D eigenvalue weighted by molar-refractivity contribution is 0.0949. The number of aryl methyl sites for hydroxylation is 1. The molecule has 2 heterocycles. The smallest absolute Gasteiger partial charge is 0.292 e. The highest BCUT2D eigenvalue weighted by Crippen LogP contribution is 2.20. The Morgan fingerprint density at radius 2 is 1.64 bits per heavy atom. The Kier molecular flexibility index (Phi) is 5.28. The van der Waals surface area contributed by atoms with Crippen LogP contribution in [0.4, 0.5) is 0 Å². The summed E-state index contributed by atoms with van der Waals surface area (Å²) in [6.45, 7) is 2.22. The predicted molar refractivity (Wildman–Crippen MR) is 130 cm³/mol. The monoisotopic (exact) mass is 435 g/mol. The van der Waals surface area contributed by atoms with E-state index in [0.717, 1.165) is 27.7 Å². The molecule has 0 fully saturated rings. The summed E-state index contributed by atoms with van der Waals surface area (Å²) in [7, 11) is 0. The highest BCUT2D eigenvalue weighted by atomic mass is 16.2. The van der Waals surface area contributed by atoms with Crippen molar-refractivity contribution < 1.29 is 4.79 Å². The Labute approximate surface area is 189 Å². The van der Waals surface area contributed by atoms with Crippen molar-refractivity contribution in [1.82, 2.24) is 20.2 Å². The first-order chi connectivity index (χ1) is 16.1. The van der Waals surface area contributed by atoms with E-state index in [4.69, 9.17) is 0 Å². The van der Waals surface area contributed by atoms with E-state index in [1.165, 1.54) is 4.68 Å². The topological polar surface area (TPSA) is 92.1 Å². The SMILES string of the molecule is Cc1[nH]c2ccccc2c1C=NNC(=O)c1nn(Cc2ccccc2)c(=O)c2ccccc12. The molecule has 1 amide bonds. The highest BCUT2D eigenvalue weighted by Gasteiger charge is 2.16. The van der Waals surface area contributed by atoms with Crippen molar-refractivity contribution in [3.05, 3.63) is 112 Å². The summed E-state index contributed by atoms with van der Waals surface area (Å²) in [5.74, 6) is -0.484. The number of rotatable bonds is 5. The van der Waals surface area contributed by atoms with Crippen molar-refractivity contribution >= 4 is 33.8 Å². The second-order valence-electron chi connectivity index (χ2n) is 7.75. The molecule has 0 spiro atoms. The normalized spacial score (nSPS) is 11.4. The number of carbonyl (C=O) groups is 1. The van der Waals surface area contributed by atoms with Crippen molar-refractivity contribution in [3.63, 3.8) is 0 Å². The average Bonchev–Trinajstić information content (AvgIpc) is 3.16. The van der Waals surface area contributed by atoms with Crippen LogP contribution in [-0.4, -0.2) is 26.9 Å². The van der Waals surface area contributed by atoms with Gasteiger partial charge in [0.1, 0.15) is 0 Å². The minimum absolute atomic E-state index is 0.147. The first kappa shape index (κ1) is 20.4.